The normalized spacial score (nSPS) is 10.2. The second kappa shape index (κ2) is 6.91. The van der Waals surface area contributed by atoms with Gasteiger partial charge in [-0.15, -0.1) is 0 Å². The summed E-state index contributed by atoms with van der Waals surface area (Å²) in [6, 6.07) is 10.9. The van der Waals surface area contributed by atoms with Crippen LogP contribution in [0.15, 0.2) is 47.5 Å². The number of amides is 1. The molecule has 20 heavy (non-hydrogen) atoms. The van der Waals surface area contributed by atoms with Gasteiger partial charge in [0.25, 0.3) is 5.56 Å². The molecule has 1 amide bonds. The summed E-state index contributed by atoms with van der Waals surface area (Å²) in [5, 5.41) is 2.65. The van der Waals surface area contributed by atoms with Crippen LogP contribution >= 0.6 is 12.6 Å². The lowest BCUT2D eigenvalue weighted by Gasteiger charge is -2.07. The van der Waals surface area contributed by atoms with Crippen LogP contribution in [0.25, 0.3) is 11.3 Å². The molecule has 0 spiro atoms. The summed E-state index contributed by atoms with van der Waals surface area (Å²) < 4.78 is 1.28. The molecule has 0 radical (unpaired) electrons. The minimum absolute atomic E-state index is 0.0331. The van der Waals surface area contributed by atoms with Crippen molar-refractivity contribution in [2.75, 3.05) is 12.3 Å². The molecule has 0 saturated carbocycles. The number of carbonyl (C=O) groups excluding carboxylic acids is 1. The van der Waals surface area contributed by atoms with Gasteiger partial charge in [0.2, 0.25) is 5.91 Å². The van der Waals surface area contributed by atoms with Crippen LogP contribution in [0.3, 0.4) is 0 Å². The monoisotopic (exact) mass is 289 g/mol. The zero-order valence-electron chi connectivity index (χ0n) is 10.8. The van der Waals surface area contributed by atoms with Crippen molar-refractivity contribution < 1.29 is 4.79 Å². The second-order valence-corrected chi connectivity index (χ2v) is 4.63. The Morgan fingerprint density at radius 3 is 2.70 bits per heavy atom. The summed E-state index contributed by atoms with van der Waals surface area (Å²) >= 11 is 4.00. The number of hydrogen-bond donors (Lipinski definition) is 2. The van der Waals surface area contributed by atoms with Crippen molar-refractivity contribution >= 4 is 18.5 Å². The molecule has 2 aromatic rings. The van der Waals surface area contributed by atoms with Crippen LogP contribution in [-0.2, 0) is 11.3 Å². The van der Waals surface area contributed by atoms with E-state index in [2.05, 4.69) is 22.9 Å². The van der Waals surface area contributed by atoms with Crippen molar-refractivity contribution in [2.24, 2.45) is 0 Å². The first kappa shape index (κ1) is 14.3. The summed E-state index contributed by atoms with van der Waals surface area (Å²) in [4.78, 5) is 27.7. The molecule has 5 nitrogen and oxygen atoms in total. The lowest BCUT2D eigenvalue weighted by atomic mass is 10.1. The van der Waals surface area contributed by atoms with E-state index in [1.165, 1.54) is 17.0 Å². The van der Waals surface area contributed by atoms with Crippen LogP contribution < -0.4 is 10.9 Å². The minimum atomic E-state index is -0.250. The maximum absolute atomic E-state index is 12.0. The molecular weight excluding hydrogens is 274 g/mol. The zero-order valence-corrected chi connectivity index (χ0v) is 11.7. The van der Waals surface area contributed by atoms with Gasteiger partial charge in [0, 0.05) is 23.9 Å². The quantitative estimate of drug-likeness (QED) is 0.806. The molecule has 1 N–H and O–H groups in total. The average molecular weight is 289 g/mol. The van der Waals surface area contributed by atoms with E-state index in [-0.39, 0.29) is 18.0 Å². The van der Waals surface area contributed by atoms with Gasteiger partial charge >= 0.3 is 0 Å². The fourth-order valence-electron chi connectivity index (χ4n) is 1.72. The molecule has 0 aliphatic heterocycles. The molecule has 1 heterocycles. The first-order valence-corrected chi connectivity index (χ1v) is 6.83. The van der Waals surface area contributed by atoms with Gasteiger partial charge in [-0.05, 0) is 0 Å². The first-order chi connectivity index (χ1) is 9.70. The number of benzene rings is 1. The Morgan fingerprint density at radius 2 is 2.05 bits per heavy atom. The van der Waals surface area contributed by atoms with Gasteiger partial charge in [0.1, 0.15) is 6.54 Å². The largest absolute Gasteiger partial charge is 0.354 e. The molecule has 1 aromatic heterocycles. The Balaban J connectivity index is 2.15. The van der Waals surface area contributed by atoms with Crippen LogP contribution in [0.4, 0.5) is 0 Å². The SMILES string of the molecule is O=C(Cn1cnc(-c2ccccc2)cc1=O)NCCS. The number of carbonyl (C=O) groups is 1. The van der Waals surface area contributed by atoms with Gasteiger partial charge in [0.15, 0.2) is 0 Å². The summed E-state index contributed by atoms with van der Waals surface area (Å²) in [5.74, 6) is 0.335. The number of aromatic nitrogens is 2. The predicted molar refractivity (Wildman–Crippen MR) is 80.8 cm³/mol. The highest BCUT2D eigenvalue weighted by atomic mass is 32.1. The van der Waals surface area contributed by atoms with Gasteiger partial charge in [-0.3, -0.25) is 14.2 Å². The molecule has 2 rings (SSSR count). The summed E-state index contributed by atoms with van der Waals surface area (Å²) in [6.45, 7) is 0.445. The van der Waals surface area contributed by atoms with E-state index >= 15 is 0 Å². The van der Waals surface area contributed by atoms with Crippen molar-refractivity contribution in [3.63, 3.8) is 0 Å². The van der Waals surface area contributed by atoms with Crippen molar-refractivity contribution in [1.29, 1.82) is 0 Å². The summed E-state index contributed by atoms with van der Waals surface area (Å²) in [5.41, 5.74) is 1.22. The van der Waals surface area contributed by atoms with Gasteiger partial charge in [-0.2, -0.15) is 12.6 Å². The third-order valence-corrected chi connectivity index (χ3v) is 2.92. The van der Waals surface area contributed by atoms with Crippen LogP contribution in [0.2, 0.25) is 0 Å². The smallest absolute Gasteiger partial charge is 0.254 e. The number of nitrogens with zero attached hydrogens (tertiary/aromatic N) is 2. The van der Waals surface area contributed by atoms with E-state index in [0.717, 1.165) is 5.56 Å². The molecule has 0 bridgehead atoms. The molecule has 0 saturated heterocycles. The van der Waals surface area contributed by atoms with Gasteiger partial charge in [-0.1, -0.05) is 30.3 Å². The number of rotatable bonds is 5. The average Bonchev–Trinajstić information content (AvgIpc) is 2.48. The highest BCUT2D eigenvalue weighted by molar-refractivity contribution is 7.80. The number of nitrogens with one attached hydrogen (secondary N) is 1. The van der Waals surface area contributed by atoms with E-state index in [4.69, 9.17) is 0 Å². The third-order valence-electron chi connectivity index (χ3n) is 2.70. The van der Waals surface area contributed by atoms with Crippen molar-refractivity contribution in [3.05, 3.63) is 53.1 Å². The van der Waals surface area contributed by atoms with E-state index in [1.807, 2.05) is 30.3 Å². The second-order valence-electron chi connectivity index (χ2n) is 4.18. The Bertz CT molecular complexity index is 640. The first-order valence-electron chi connectivity index (χ1n) is 6.20. The lowest BCUT2D eigenvalue weighted by Crippen LogP contribution is -2.33. The molecule has 0 atom stereocenters. The fraction of sp³-hybridized carbons (Fsp3) is 0.214. The molecular formula is C14H15N3O2S. The van der Waals surface area contributed by atoms with E-state index in [0.29, 0.717) is 18.0 Å². The van der Waals surface area contributed by atoms with Gasteiger partial charge in [-0.25, -0.2) is 4.98 Å². The zero-order chi connectivity index (χ0) is 14.4. The van der Waals surface area contributed by atoms with Crippen LogP contribution in [0, 0.1) is 0 Å². The molecule has 0 aliphatic carbocycles. The highest BCUT2D eigenvalue weighted by Crippen LogP contribution is 2.13. The summed E-state index contributed by atoms with van der Waals surface area (Å²) in [7, 11) is 0. The Kier molecular flexibility index (Phi) is 4.95. The Labute approximate surface area is 122 Å². The third kappa shape index (κ3) is 3.71. The fourth-order valence-corrected chi connectivity index (χ4v) is 1.83. The maximum atomic E-state index is 12.0. The Morgan fingerprint density at radius 1 is 1.30 bits per heavy atom. The highest BCUT2D eigenvalue weighted by Gasteiger charge is 2.06. The van der Waals surface area contributed by atoms with Crippen LogP contribution in [-0.4, -0.2) is 27.8 Å². The molecule has 0 unspecified atom stereocenters. The van der Waals surface area contributed by atoms with E-state index in [1.54, 1.807) is 0 Å². The summed E-state index contributed by atoms with van der Waals surface area (Å²) in [6.07, 6.45) is 1.39. The Hall–Kier alpha value is -2.08. The topological polar surface area (TPSA) is 64.0 Å². The predicted octanol–water partition coefficient (Wildman–Crippen LogP) is 0.956. The van der Waals surface area contributed by atoms with Crippen molar-refractivity contribution in [3.8, 4) is 11.3 Å². The van der Waals surface area contributed by atoms with Crippen LogP contribution in [0.5, 0.6) is 0 Å². The van der Waals surface area contributed by atoms with E-state index < -0.39 is 0 Å². The number of hydrogen-bond acceptors (Lipinski definition) is 4. The molecule has 104 valence electrons. The van der Waals surface area contributed by atoms with Crippen molar-refractivity contribution in [1.82, 2.24) is 14.9 Å². The maximum Gasteiger partial charge on any atom is 0.254 e. The standard InChI is InChI=1S/C14H15N3O2S/c18-13(15-6-7-20)9-17-10-16-12(8-14(17)19)11-4-2-1-3-5-11/h1-5,8,10,20H,6-7,9H2,(H,15,18). The molecule has 6 heteroatoms. The van der Waals surface area contributed by atoms with Crippen molar-refractivity contribution in [2.45, 2.75) is 6.54 Å². The van der Waals surface area contributed by atoms with Gasteiger partial charge < -0.3 is 5.32 Å². The van der Waals surface area contributed by atoms with Crippen LogP contribution in [0.1, 0.15) is 0 Å². The minimum Gasteiger partial charge on any atom is -0.354 e. The number of thiol groups is 1. The molecule has 0 fully saturated rings. The van der Waals surface area contributed by atoms with E-state index in [9.17, 15) is 9.59 Å². The van der Waals surface area contributed by atoms with Gasteiger partial charge in [0.05, 0.1) is 12.0 Å². The molecule has 0 aliphatic rings. The lowest BCUT2D eigenvalue weighted by molar-refractivity contribution is -0.121. The molecule has 1 aromatic carbocycles.